The van der Waals surface area contributed by atoms with Crippen molar-refractivity contribution in [1.29, 1.82) is 0 Å². The fraction of sp³-hybridized carbons (Fsp3) is 0.400. The van der Waals surface area contributed by atoms with Gasteiger partial charge in [0.15, 0.2) is 0 Å². The quantitative estimate of drug-likeness (QED) is 0.718. The molecular formula is C5H4F3NOS. The minimum Gasteiger partial charge on any atom is -0.390 e. The average Bonchev–Trinajstić information content (AvgIpc) is 2.32. The van der Waals surface area contributed by atoms with Crippen LogP contribution in [0.2, 0.25) is 0 Å². The van der Waals surface area contributed by atoms with Crippen LogP contribution >= 0.6 is 11.5 Å². The lowest BCUT2D eigenvalue weighted by Gasteiger charge is -1.98. The zero-order valence-electron chi connectivity index (χ0n) is 5.22. The van der Waals surface area contributed by atoms with Gasteiger partial charge in [0.05, 0.1) is 12.3 Å². The molecule has 0 saturated heterocycles. The van der Waals surface area contributed by atoms with Crippen molar-refractivity contribution in [3.63, 3.8) is 0 Å². The van der Waals surface area contributed by atoms with E-state index in [1.54, 1.807) is 0 Å². The van der Waals surface area contributed by atoms with Crippen molar-refractivity contribution >= 4 is 11.5 Å². The number of alkyl halides is 3. The summed E-state index contributed by atoms with van der Waals surface area (Å²) in [6.07, 6.45) is -4.34. The Morgan fingerprint density at radius 1 is 1.55 bits per heavy atom. The summed E-state index contributed by atoms with van der Waals surface area (Å²) in [5, 5.41) is 8.39. The van der Waals surface area contributed by atoms with Gasteiger partial charge in [0.2, 0.25) is 0 Å². The number of hydrogen-bond acceptors (Lipinski definition) is 3. The summed E-state index contributed by atoms with van der Waals surface area (Å²) >= 11 is 0.346. The second-order valence-corrected chi connectivity index (χ2v) is 2.64. The normalized spacial score (nSPS) is 12.0. The smallest absolute Gasteiger partial charge is 0.390 e. The molecule has 0 unspecified atom stereocenters. The summed E-state index contributed by atoms with van der Waals surface area (Å²) in [7, 11) is 0. The van der Waals surface area contributed by atoms with E-state index in [1.807, 2.05) is 0 Å². The highest BCUT2D eigenvalue weighted by Crippen LogP contribution is 2.32. The van der Waals surface area contributed by atoms with Crippen molar-refractivity contribution in [2.24, 2.45) is 0 Å². The SMILES string of the molecule is OCc1cc(C(F)(F)F)sn1. The first kappa shape index (κ1) is 8.48. The Morgan fingerprint density at radius 3 is 2.45 bits per heavy atom. The maximum Gasteiger partial charge on any atom is 0.427 e. The fourth-order valence-electron chi connectivity index (χ4n) is 0.520. The monoisotopic (exact) mass is 183 g/mol. The summed E-state index contributed by atoms with van der Waals surface area (Å²) in [5.41, 5.74) is 0.0577. The zero-order chi connectivity index (χ0) is 8.48. The first-order valence-electron chi connectivity index (χ1n) is 2.67. The molecule has 1 heterocycles. The first-order chi connectivity index (χ1) is 5.04. The minimum atomic E-state index is -4.34. The standard InChI is InChI=1S/C5H4F3NOS/c6-5(7,8)4-1-3(2-10)9-11-4/h1,10H,2H2. The van der Waals surface area contributed by atoms with Gasteiger partial charge in [-0.05, 0) is 17.6 Å². The third-order valence-electron chi connectivity index (χ3n) is 1.00. The number of nitrogens with zero attached hydrogens (tertiary/aromatic N) is 1. The molecule has 0 aromatic carbocycles. The van der Waals surface area contributed by atoms with E-state index >= 15 is 0 Å². The molecule has 1 aromatic heterocycles. The van der Waals surface area contributed by atoms with E-state index in [4.69, 9.17) is 5.11 Å². The number of rotatable bonds is 1. The Balaban J connectivity index is 2.89. The van der Waals surface area contributed by atoms with E-state index in [-0.39, 0.29) is 5.69 Å². The number of aromatic nitrogens is 1. The van der Waals surface area contributed by atoms with Crippen LogP contribution in [0.5, 0.6) is 0 Å². The van der Waals surface area contributed by atoms with Gasteiger partial charge >= 0.3 is 6.18 Å². The number of aliphatic hydroxyl groups excluding tert-OH is 1. The molecule has 0 spiro atoms. The summed E-state index contributed by atoms with van der Waals surface area (Å²) in [5.74, 6) is 0. The lowest BCUT2D eigenvalue weighted by molar-refractivity contribution is -0.134. The van der Waals surface area contributed by atoms with E-state index in [0.29, 0.717) is 11.5 Å². The second-order valence-electron chi connectivity index (χ2n) is 1.84. The van der Waals surface area contributed by atoms with Crippen molar-refractivity contribution in [2.75, 3.05) is 0 Å². The zero-order valence-corrected chi connectivity index (χ0v) is 6.04. The van der Waals surface area contributed by atoms with Crippen LogP contribution in [-0.2, 0) is 12.8 Å². The average molecular weight is 183 g/mol. The van der Waals surface area contributed by atoms with Gasteiger partial charge in [-0.3, -0.25) is 0 Å². The summed E-state index contributed by atoms with van der Waals surface area (Å²) in [6.45, 7) is -0.452. The Kier molecular flexibility index (Phi) is 2.15. The van der Waals surface area contributed by atoms with Gasteiger partial charge < -0.3 is 5.11 Å². The lowest BCUT2D eigenvalue weighted by atomic mass is 10.4. The van der Waals surface area contributed by atoms with Gasteiger partial charge in [0.25, 0.3) is 0 Å². The molecule has 0 amide bonds. The molecule has 0 saturated carbocycles. The maximum atomic E-state index is 11.8. The van der Waals surface area contributed by atoms with Gasteiger partial charge in [-0.1, -0.05) is 0 Å². The summed E-state index contributed by atoms with van der Waals surface area (Å²) < 4.78 is 38.9. The molecule has 0 aliphatic rings. The Labute approximate surface area is 64.5 Å². The van der Waals surface area contributed by atoms with Gasteiger partial charge in [-0.15, -0.1) is 0 Å². The molecule has 0 radical (unpaired) electrons. The molecule has 0 aliphatic carbocycles. The Morgan fingerprint density at radius 2 is 2.18 bits per heavy atom. The minimum absolute atomic E-state index is 0.0577. The molecule has 1 N–H and O–H groups in total. The third-order valence-corrected chi connectivity index (χ3v) is 1.87. The van der Waals surface area contributed by atoms with Crippen LogP contribution in [0.25, 0.3) is 0 Å². The predicted molar refractivity (Wildman–Crippen MR) is 33.0 cm³/mol. The van der Waals surface area contributed by atoms with Gasteiger partial charge in [-0.25, -0.2) is 0 Å². The van der Waals surface area contributed by atoms with Crippen LogP contribution in [0.4, 0.5) is 13.2 Å². The predicted octanol–water partition coefficient (Wildman–Crippen LogP) is 1.65. The lowest BCUT2D eigenvalue weighted by Crippen LogP contribution is -2.00. The molecule has 62 valence electrons. The number of hydrogen-bond donors (Lipinski definition) is 1. The number of aliphatic hydroxyl groups is 1. The highest BCUT2D eigenvalue weighted by atomic mass is 32.1. The highest BCUT2D eigenvalue weighted by molar-refractivity contribution is 7.05. The van der Waals surface area contributed by atoms with Gasteiger partial charge in [-0.2, -0.15) is 17.5 Å². The van der Waals surface area contributed by atoms with Gasteiger partial charge in [0.1, 0.15) is 4.88 Å². The van der Waals surface area contributed by atoms with Crippen LogP contribution in [0.1, 0.15) is 10.6 Å². The molecule has 2 nitrogen and oxygen atoms in total. The summed E-state index contributed by atoms with van der Waals surface area (Å²) in [4.78, 5) is -0.776. The van der Waals surface area contributed by atoms with Crippen molar-refractivity contribution in [2.45, 2.75) is 12.8 Å². The van der Waals surface area contributed by atoms with Crippen LogP contribution in [0, 0.1) is 0 Å². The molecule has 0 bridgehead atoms. The molecule has 1 aromatic rings. The molecule has 1 rings (SSSR count). The largest absolute Gasteiger partial charge is 0.427 e. The Hall–Kier alpha value is -0.620. The van der Waals surface area contributed by atoms with Crippen molar-refractivity contribution in [1.82, 2.24) is 4.37 Å². The van der Waals surface area contributed by atoms with Crippen LogP contribution in [-0.4, -0.2) is 9.48 Å². The molecular weight excluding hydrogens is 179 g/mol. The fourth-order valence-corrected chi connectivity index (χ4v) is 1.14. The first-order valence-corrected chi connectivity index (χ1v) is 3.45. The second kappa shape index (κ2) is 2.78. The van der Waals surface area contributed by atoms with Crippen LogP contribution < -0.4 is 0 Å². The van der Waals surface area contributed by atoms with Crippen molar-refractivity contribution < 1.29 is 18.3 Å². The number of halogens is 3. The topological polar surface area (TPSA) is 33.1 Å². The van der Waals surface area contributed by atoms with Crippen molar-refractivity contribution in [3.8, 4) is 0 Å². The highest BCUT2D eigenvalue weighted by Gasteiger charge is 2.33. The van der Waals surface area contributed by atoms with Crippen molar-refractivity contribution in [3.05, 3.63) is 16.6 Å². The van der Waals surface area contributed by atoms with E-state index in [0.717, 1.165) is 6.07 Å². The third kappa shape index (κ3) is 1.90. The van der Waals surface area contributed by atoms with Crippen LogP contribution in [0.15, 0.2) is 6.07 Å². The van der Waals surface area contributed by atoms with E-state index < -0.39 is 17.7 Å². The van der Waals surface area contributed by atoms with Crippen LogP contribution in [0.3, 0.4) is 0 Å². The van der Waals surface area contributed by atoms with E-state index in [2.05, 4.69) is 4.37 Å². The molecule has 0 atom stereocenters. The molecule has 0 aliphatic heterocycles. The van der Waals surface area contributed by atoms with E-state index in [1.165, 1.54) is 0 Å². The van der Waals surface area contributed by atoms with E-state index in [9.17, 15) is 13.2 Å². The molecule has 11 heavy (non-hydrogen) atoms. The molecule has 6 heteroatoms. The summed E-state index contributed by atoms with van der Waals surface area (Å²) in [6, 6.07) is 0.838. The molecule has 0 fully saturated rings. The van der Waals surface area contributed by atoms with Gasteiger partial charge in [0, 0.05) is 0 Å². The maximum absolute atomic E-state index is 11.8. The Bertz CT molecular complexity index is 244.